The maximum atomic E-state index is 13.7. The standard InChI is InChI=1S/C13H12BrFN2O3/c14-9-3-7-1-2-17-11(8(7)4-10(9)15)5-16(13(19)20)6-12(17)18/h3-4,11H,1-2,5-6H2,(H,19,20). The Morgan fingerprint density at radius 2 is 2.20 bits per heavy atom. The van der Waals surface area contributed by atoms with Crippen LogP contribution in [0.3, 0.4) is 0 Å². The molecule has 2 aliphatic heterocycles. The van der Waals surface area contributed by atoms with Gasteiger partial charge in [-0.05, 0) is 45.6 Å². The number of halogens is 2. The Hall–Kier alpha value is -1.63. The number of carboxylic acid groups (broad SMARTS) is 1. The summed E-state index contributed by atoms with van der Waals surface area (Å²) >= 11 is 3.15. The molecular formula is C13H12BrFN2O3. The molecular weight excluding hydrogens is 331 g/mol. The highest BCUT2D eigenvalue weighted by Crippen LogP contribution is 2.35. The summed E-state index contributed by atoms with van der Waals surface area (Å²) < 4.78 is 14.1. The molecule has 1 aromatic rings. The fourth-order valence-corrected chi connectivity index (χ4v) is 3.25. The molecule has 0 bridgehead atoms. The molecule has 0 radical (unpaired) electrons. The average Bonchev–Trinajstić information content (AvgIpc) is 2.40. The maximum absolute atomic E-state index is 13.7. The van der Waals surface area contributed by atoms with Gasteiger partial charge in [-0.15, -0.1) is 0 Å². The molecule has 1 unspecified atom stereocenters. The van der Waals surface area contributed by atoms with Crippen LogP contribution in [0.15, 0.2) is 16.6 Å². The van der Waals surface area contributed by atoms with Gasteiger partial charge in [0.05, 0.1) is 10.5 Å². The lowest BCUT2D eigenvalue weighted by atomic mass is 9.90. The van der Waals surface area contributed by atoms with Gasteiger partial charge in [0.2, 0.25) is 5.91 Å². The topological polar surface area (TPSA) is 60.9 Å². The van der Waals surface area contributed by atoms with E-state index in [-0.39, 0.29) is 19.0 Å². The summed E-state index contributed by atoms with van der Waals surface area (Å²) in [6.07, 6.45) is -0.466. The van der Waals surface area contributed by atoms with Crippen molar-refractivity contribution in [3.63, 3.8) is 0 Å². The van der Waals surface area contributed by atoms with Crippen molar-refractivity contribution >= 4 is 27.9 Å². The summed E-state index contributed by atoms with van der Waals surface area (Å²) in [6.45, 7) is 0.608. The second kappa shape index (κ2) is 4.73. The quantitative estimate of drug-likeness (QED) is 0.784. The van der Waals surface area contributed by atoms with Gasteiger partial charge in [0.1, 0.15) is 12.4 Å². The predicted octanol–water partition coefficient (Wildman–Crippen LogP) is 2.01. The summed E-state index contributed by atoms with van der Waals surface area (Å²) in [5.74, 6) is -0.622. The maximum Gasteiger partial charge on any atom is 0.407 e. The number of fused-ring (bicyclic) bond motifs is 3. The number of hydrogen-bond acceptors (Lipinski definition) is 2. The summed E-state index contributed by atoms with van der Waals surface area (Å²) in [7, 11) is 0. The molecule has 5 nitrogen and oxygen atoms in total. The molecule has 20 heavy (non-hydrogen) atoms. The third kappa shape index (κ3) is 2.06. The first-order valence-electron chi connectivity index (χ1n) is 6.22. The van der Waals surface area contributed by atoms with Gasteiger partial charge < -0.3 is 10.0 Å². The number of nitrogens with zero attached hydrogens (tertiary/aromatic N) is 2. The first-order valence-corrected chi connectivity index (χ1v) is 7.02. The highest BCUT2D eigenvalue weighted by Gasteiger charge is 2.38. The van der Waals surface area contributed by atoms with Gasteiger partial charge >= 0.3 is 6.09 Å². The lowest BCUT2D eigenvalue weighted by molar-refractivity contribution is -0.139. The van der Waals surface area contributed by atoms with Gasteiger partial charge in [-0.2, -0.15) is 0 Å². The highest BCUT2D eigenvalue weighted by atomic mass is 79.9. The molecule has 7 heteroatoms. The first kappa shape index (κ1) is 13.4. The zero-order valence-corrected chi connectivity index (χ0v) is 12.1. The van der Waals surface area contributed by atoms with E-state index in [0.29, 0.717) is 23.0 Å². The molecule has 106 valence electrons. The van der Waals surface area contributed by atoms with Crippen LogP contribution in [0, 0.1) is 5.82 Å². The molecule has 0 aliphatic carbocycles. The molecule has 2 aliphatic rings. The fraction of sp³-hybridized carbons (Fsp3) is 0.385. The number of carbonyl (C=O) groups is 2. The van der Waals surface area contributed by atoms with Crippen molar-refractivity contribution in [3.05, 3.63) is 33.5 Å². The minimum atomic E-state index is -1.12. The van der Waals surface area contributed by atoms with Gasteiger partial charge in [0.25, 0.3) is 0 Å². The monoisotopic (exact) mass is 342 g/mol. The van der Waals surface area contributed by atoms with E-state index >= 15 is 0 Å². The Bertz CT molecular complexity index is 608. The Morgan fingerprint density at radius 3 is 2.90 bits per heavy atom. The van der Waals surface area contributed by atoms with Gasteiger partial charge in [0, 0.05) is 13.1 Å². The minimum absolute atomic E-state index is 0.125. The van der Waals surface area contributed by atoms with Crippen LogP contribution in [0.2, 0.25) is 0 Å². The van der Waals surface area contributed by atoms with Crippen molar-refractivity contribution in [1.82, 2.24) is 9.80 Å². The predicted molar refractivity (Wildman–Crippen MR) is 71.9 cm³/mol. The molecule has 3 rings (SSSR count). The van der Waals surface area contributed by atoms with Crippen LogP contribution >= 0.6 is 15.9 Å². The molecule has 1 fully saturated rings. The van der Waals surface area contributed by atoms with E-state index in [9.17, 15) is 14.0 Å². The van der Waals surface area contributed by atoms with E-state index in [4.69, 9.17) is 5.11 Å². The lowest BCUT2D eigenvalue weighted by Gasteiger charge is -2.43. The minimum Gasteiger partial charge on any atom is -0.465 e. The molecule has 2 heterocycles. The Kier molecular flexibility index (Phi) is 3.16. The van der Waals surface area contributed by atoms with Crippen molar-refractivity contribution in [2.24, 2.45) is 0 Å². The van der Waals surface area contributed by atoms with E-state index in [1.807, 2.05) is 0 Å². The number of amides is 2. The summed E-state index contributed by atoms with van der Waals surface area (Å²) in [5, 5.41) is 9.07. The Labute approximate surface area is 123 Å². The number of rotatable bonds is 0. The van der Waals surface area contributed by atoms with Crippen LogP contribution in [0.4, 0.5) is 9.18 Å². The van der Waals surface area contributed by atoms with E-state index in [2.05, 4.69) is 15.9 Å². The first-order chi connectivity index (χ1) is 9.47. The third-order valence-corrected chi connectivity index (χ3v) is 4.46. The normalized spacial score (nSPS) is 21.5. The van der Waals surface area contributed by atoms with Gasteiger partial charge in [0.15, 0.2) is 0 Å². The second-order valence-electron chi connectivity index (χ2n) is 4.98. The number of hydrogen-bond donors (Lipinski definition) is 1. The smallest absolute Gasteiger partial charge is 0.407 e. The van der Waals surface area contributed by atoms with Crippen LogP contribution in [-0.2, 0) is 11.2 Å². The van der Waals surface area contributed by atoms with Crippen LogP contribution in [-0.4, -0.2) is 46.5 Å². The van der Waals surface area contributed by atoms with E-state index in [1.165, 1.54) is 6.07 Å². The van der Waals surface area contributed by atoms with Crippen molar-refractivity contribution in [2.75, 3.05) is 19.6 Å². The summed E-state index contributed by atoms with van der Waals surface area (Å²) in [4.78, 5) is 25.8. The van der Waals surface area contributed by atoms with Crippen molar-refractivity contribution in [3.8, 4) is 0 Å². The summed E-state index contributed by atoms with van der Waals surface area (Å²) in [5.41, 5.74) is 1.66. The van der Waals surface area contributed by atoms with Gasteiger partial charge in [-0.3, -0.25) is 9.69 Å². The van der Waals surface area contributed by atoms with Crippen LogP contribution in [0.1, 0.15) is 17.2 Å². The van der Waals surface area contributed by atoms with Crippen LogP contribution < -0.4 is 0 Å². The molecule has 0 spiro atoms. The molecule has 1 aromatic carbocycles. The van der Waals surface area contributed by atoms with Crippen LogP contribution in [0.5, 0.6) is 0 Å². The van der Waals surface area contributed by atoms with E-state index < -0.39 is 18.0 Å². The van der Waals surface area contributed by atoms with Gasteiger partial charge in [-0.1, -0.05) is 0 Å². The summed E-state index contributed by atoms with van der Waals surface area (Å²) in [6, 6.07) is 2.72. The zero-order chi connectivity index (χ0) is 14.4. The lowest BCUT2D eigenvalue weighted by Crippen LogP contribution is -2.55. The second-order valence-corrected chi connectivity index (χ2v) is 5.84. The Balaban J connectivity index is 2.02. The molecule has 0 saturated carbocycles. The van der Waals surface area contributed by atoms with Crippen molar-refractivity contribution in [1.29, 1.82) is 0 Å². The third-order valence-electron chi connectivity index (χ3n) is 3.85. The number of carbonyl (C=O) groups excluding carboxylic acids is 1. The van der Waals surface area contributed by atoms with Crippen molar-refractivity contribution < 1.29 is 19.1 Å². The molecule has 1 atom stereocenters. The highest BCUT2D eigenvalue weighted by molar-refractivity contribution is 9.10. The fourth-order valence-electron chi connectivity index (χ4n) is 2.86. The average molecular weight is 343 g/mol. The molecule has 1 N–H and O–H groups in total. The Morgan fingerprint density at radius 1 is 1.45 bits per heavy atom. The van der Waals surface area contributed by atoms with E-state index in [0.717, 1.165) is 10.5 Å². The molecule has 2 amide bonds. The number of piperazine rings is 1. The SMILES string of the molecule is O=C(O)N1CC(=O)N2CCc3cc(Br)c(F)cc3C2C1. The van der Waals surface area contributed by atoms with Gasteiger partial charge in [-0.25, -0.2) is 9.18 Å². The zero-order valence-electron chi connectivity index (χ0n) is 10.5. The molecule has 0 aromatic heterocycles. The number of benzene rings is 1. The largest absolute Gasteiger partial charge is 0.465 e. The molecule has 1 saturated heterocycles. The van der Waals surface area contributed by atoms with Crippen LogP contribution in [0.25, 0.3) is 0 Å². The van der Waals surface area contributed by atoms with E-state index in [1.54, 1.807) is 11.0 Å². The van der Waals surface area contributed by atoms with Crippen molar-refractivity contribution in [2.45, 2.75) is 12.5 Å².